The molecule has 4 rings (SSSR count). The van der Waals surface area contributed by atoms with Crippen LogP contribution in [0.3, 0.4) is 0 Å². The predicted molar refractivity (Wildman–Crippen MR) is 146 cm³/mol. The van der Waals surface area contributed by atoms with Crippen LogP contribution in [0.15, 0.2) is 41.3 Å². The number of rotatable bonds is 6. The molecule has 1 saturated heterocycles. The Bertz CT molecular complexity index is 913. The number of nitrogens with zero attached hydrogens (tertiary/aromatic N) is 2. The van der Waals surface area contributed by atoms with Crippen molar-refractivity contribution in [1.82, 2.24) is 4.90 Å². The molecule has 35 heavy (non-hydrogen) atoms. The van der Waals surface area contributed by atoms with Crippen LogP contribution in [0, 0.1) is 23.7 Å². The summed E-state index contributed by atoms with van der Waals surface area (Å²) in [6.07, 6.45) is 15.0. The van der Waals surface area contributed by atoms with Gasteiger partial charge in [0.05, 0.1) is 12.3 Å². The van der Waals surface area contributed by atoms with E-state index in [1.807, 2.05) is 4.90 Å². The van der Waals surface area contributed by atoms with Gasteiger partial charge < -0.3 is 9.16 Å². The second-order valence-electron chi connectivity index (χ2n) is 12.6. The minimum atomic E-state index is -2.04. The molecule has 5 nitrogen and oxygen atoms in total. The summed E-state index contributed by atoms with van der Waals surface area (Å²) in [5, 5.41) is 0.0988. The van der Waals surface area contributed by atoms with E-state index in [2.05, 4.69) is 65.6 Å². The summed E-state index contributed by atoms with van der Waals surface area (Å²) in [5.74, 6) is 2.07. The quantitative estimate of drug-likeness (QED) is 0.282. The predicted octanol–water partition coefficient (Wildman–Crippen LogP) is 7.48. The first-order valence-electron chi connectivity index (χ1n) is 13.8. The first-order valence-corrected chi connectivity index (χ1v) is 16.7. The number of cyclic esters (lactones) is 1. The number of hydrogen-bond donors (Lipinski definition) is 0. The van der Waals surface area contributed by atoms with E-state index in [1.165, 1.54) is 37.8 Å². The van der Waals surface area contributed by atoms with Gasteiger partial charge in [0, 0.05) is 29.3 Å². The van der Waals surface area contributed by atoms with Crippen LogP contribution in [0.5, 0.6) is 0 Å². The lowest BCUT2D eigenvalue weighted by Crippen LogP contribution is -2.45. The van der Waals surface area contributed by atoms with Gasteiger partial charge in [-0.1, -0.05) is 52.3 Å². The first-order chi connectivity index (χ1) is 16.5. The summed E-state index contributed by atoms with van der Waals surface area (Å²) >= 11 is 0. The molecule has 1 saturated carbocycles. The van der Waals surface area contributed by atoms with Crippen molar-refractivity contribution >= 4 is 20.1 Å². The number of fused-ring (bicyclic) bond motifs is 1. The van der Waals surface area contributed by atoms with Crippen LogP contribution in [0.1, 0.15) is 72.6 Å². The van der Waals surface area contributed by atoms with E-state index in [0.717, 1.165) is 24.3 Å². The smallest absolute Gasteiger partial charge is 0.414 e. The number of allylic oxidation sites excluding steroid dienone is 4. The maximum Gasteiger partial charge on any atom is 0.414 e. The fourth-order valence-corrected chi connectivity index (χ4v) is 7.15. The lowest BCUT2D eigenvalue weighted by Gasteiger charge is -2.47. The molecule has 0 aromatic carbocycles. The monoisotopic (exact) mass is 498 g/mol. The van der Waals surface area contributed by atoms with E-state index >= 15 is 0 Å². The highest BCUT2D eigenvalue weighted by molar-refractivity contribution is 6.74. The molecule has 2 fully saturated rings. The standard InChI is InChI=1S/C29H46N2O3Si/c1-20-11-10-12-22(30-20)15-16-24-23-13-8-9-14-25(23)27(31-17-18-33-28(31)32)19-26(24)21(2)34-35(6,7)29(3,4)5/h15-16,19-20,23-26H,2,8-14,17-18H2,1,3-7H3/b16-15+/t20-,23-,24-,25+,26-/m0/s1. The number of hydrogen-bond acceptors (Lipinski definition) is 4. The van der Waals surface area contributed by atoms with Crippen LogP contribution in [-0.2, 0) is 9.16 Å². The molecule has 0 bridgehead atoms. The molecule has 0 aromatic rings. The second kappa shape index (κ2) is 10.3. The fraction of sp³-hybridized carbons (Fsp3) is 0.724. The van der Waals surface area contributed by atoms with Crippen LogP contribution >= 0.6 is 0 Å². The van der Waals surface area contributed by atoms with E-state index in [-0.39, 0.29) is 17.0 Å². The van der Waals surface area contributed by atoms with Gasteiger partial charge in [0.15, 0.2) is 0 Å². The molecule has 0 unspecified atom stereocenters. The molecule has 5 atom stereocenters. The van der Waals surface area contributed by atoms with Crippen molar-refractivity contribution in [2.24, 2.45) is 28.7 Å². The summed E-state index contributed by atoms with van der Waals surface area (Å²) in [6, 6.07) is 0.414. The van der Waals surface area contributed by atoms with Crippen molar-refractivity contribution in [3.63, 3.8) is 0 Å². The summed E-state index contributed by atoms with van der Waals surface area (Å²) in [5.41, 5.74) is 2.37. The number of aliphatic imine (C=N–C) groups is 1. The maximum absolute atomic E-state index is 12.6. The van der Waals surface area contributed by atoms with Gasteiger partial charge in [0.2, 0.25) is 8.32 Å². The summed E-state index contributed by atoms with van der Waals surface area (Å²) < 4.78 is 12.2. The zero-order chi connectivity index (χ0) is 25.4. The molecule has 6 heteroatoms. The second-order valence-corrected chi connectivity index (χ2v) is 17.3. The van der Waals surface area contributed by atoms with Gasteiger partial charge in [0.25, 0.3) is 0 Å². The Morgan fingerprint density at radius 3 is 2.63 bits per heavy atom. The van der Waals surface area contributed by atoms with E-state index in [0.29, 0.717) is 36.9 Å². The van der Waals surface area contributed by atoms with Gasteiger partial charge in [0.1, 0.15) is 6.61 Å². The number of ether oxygens (including phenoxy) is 1. The average Bonchev–Trinajstić information content (AvgIpc) is 3.21. The topological polar surface area (TPSA) is 51.1 Å². The van der Waals surface area contributed by atoms with Gasteiger partial charge in [-0.3, -0.25) is 9.89 Å². The Kier molecular flexibility index (Phi) is 7.70. The highest BCUT2D eigenvalue weighted by atomic mass is 28.4. The lowest BCUT2D eigenvalue weighted by molar-refractivity contribution is 0.125. The summed E-state index contributed by atoms with van der Waals surface area (Å²) in [4.78, 5) is 19.4. The summed E-state index contributed by atoms with van der Waals surface area (Å²) in [7, 11) is -2.04. The molecule has 2 heterocycles. The van der Waals surface area contributed by atoms with Gasteiger partial charge in [-0.15, -0.1) is 0 Å². The van der Waals surface area contributed by atoms with Gasteiger partial charge >= 0.3 is 6.09 Å². The van der Waals surface area contributed by atoms with Crippen LogP contribution in [0.2, 0.25) is 18.1 Å². The zero-order valence-electron chi connectivity index (χ0n) is 22.8. The first kappa shape index (κ1) is 26.2. The molecule has 0 N–H and O–H groups in total. The SMILES string of the molecule is C=C(O[Si](C)(C)C(C)(C)C)[C@@H]1C=C(N2CCOC2=O)[C@@H]2CCCC[C@H]2[C@@H]1/C=C/C1=N[C@@H](C)CCC1. The minimum Gasteiger partial charge on any atom is -0.546 e. The van der Waals surface area contributed by atoms with Crippen LogP contribution < -0.4 is 0 Å². The third-order valence-electron chi connectivity index (χ3n) is 9.05. The van der Waals surface area contributed by atoms with Crippen LogP contribution in [0.4, 0.5) is 4.79 Å². The molecule has 0 spiro atoms. The van der Waals surface area contributed by atoms with E-state index in [4.69, 9.17) is 14.2 Å². The Balaban J connectivity index is 1.71. The Labute approximate surface area is 213 Å². The van der Waals surface area contributed by atoms with Gasteiger partial charge in [-0.25, -0.2) is 4.79 Å². The molecule has 4 aliphatic rings. The molecule has 2 aliphatic carbocycles. The molecule has 0 radical (unpaired) electrons. The van der Waals surface area contributed by atoms with E-state index < -0.39 is 8.32 Å². The lowest BCUT2D eigenvalue weighted by atomic mass is 9.62. The fourth-order valence-electron chi connectivity index (χ4n) is 6.05. The highest BCUT2D eigenvalue weighted by Crippen LogP contribution is 2.51. The number of carbonyl (C=O) groups is 1. The normalized spacial score (nSPS) is 32.1. The highest BCUT2D eigenvalue weighted by Gasteiger charge is 2.47. The third-order valence-corrected chi connectivity index (χ3v) is 13.4. The molecule has 0 aromatic heterocycles. The largest absolute Gasteiger partial charge is 0.546 e. The Morgan fingerprint density at radius 2 is 1.97 bits per heavy atom. The Hall–Kier alpha value is -1.82. The molecule has 194 valence electrons. The molecular formula is C29H46N2O3Si. The summed E-state index contributed by atoms with van der Waals surface area (Å²) in [6.45, 7) is 19.2. The van der Waals surface area contributed by atoms with Crippen molar-refractivity contribution in [2.75, 3.05) is 13.2 Å². The van der Waals surface area contributed by atoms with E-state index in [1.54, 1.807) is 0 Å². The van der Waals surface area contributed by atoms with Crippen molar-refractivity contribution in [3.05, 3.63) is 36.3 Å². The van der Waals surface area contributed by atoms with Crippen LogP contribution in [0.25, 0.3) is 0 Å². The number of carbonyl (C=O) groups excluding carboxylic acids is 1. The van der Waals surface area contributed by atoms with Crippen molar-refractivity contribution in [1.29, 1.82) is 0 Å². The number of amides is 1. The Morgan fingerprint density at radius 1 is 1.23 bits per heavy atom. The molecular weight excluding hydrogens is 452 g/mol. The van der Waals surface area contributed by atoms with Crippen molar-refractivity contribution in [2.45, 2.75) is 96.8 Å². The average molecular weight is 499 g/mol. The van der Waals surface area contributed by atoms with Crippen molar-refractivity contribution < 1.29 is 14.0 Å². The van der Waals surface area contributed by atoms with E-state index in [9.17, 15) is 4.79 Å². The zero-order valence-corrected chi connectivity index (χ0v) is 23.8. The molecule has 2 aliphatic heterocycles. The van der Waals surface area contributed by atoms with Gasteiger partial charge in [-0.2, -0.15) is 0 Å². The van der Waals surface area contributed by atoms with Crippen molar-refractivity contribution in [3.8, 4) is 0 Å². The third kappa shape index (κ3) is 5.62. The van der Waals surface area contributed by atoms with Gasteiger partial charge in [-0.05, 0) is 75.1 Å². The van der Waals surface area contributed by atoms with Crippen LogP contribution in [-0.4, -0.2) is 44.2 Å². The molecule has 1 amide bonds. The minimum absolute atomic E-state index is 0.0461. The maximum atomic E-state index is 12.6.